The molecule has 0 aliphatic carbocycles. The fourth-order valence-electron chi connectivity index (χ4n) is 2.45. The first-order valence-electron chi connectivity index (χ1n) is 7.14. The normalized spacial score (nSPS) is 16.1. The first-order valence-corrected chi connectivity index (χ1v) is 7.14. The van der Waals surface area contributed by atoms with E-state index in [2.05, 4.69) is 16.3 Å². The highest BCUT2D eigenvalue weighted by atomic mass is 16.2. The van der Waals surface area contributed by atoms with Crippen LogP contribution in [0.15, 0.2) is 24.3 Å². The van der Waals surface area contributed by atoms with Crippen LogP contribution in [-0.2, 0) is 16.0 Å². The average Bonchev–Trinajstić information content (AvgIpc) is 2.50. The molecule has 1 aliphatic rings. The molecular formula is C16H19N3O2. The van der Waals surface area contributed by atoms with Crippen molar-refractivity contribution in [1.29, 1.82) is 5.26 Å². The van der Waals surface area contributed by atoms with Gasteiger partial charge in [-0.1, -0.05) is 12.1 Å². The molecule has 0 saturated carbocycles. The first kappa shape index (κ1) is 15.2. The maximum absolute atomic E-state index is 12.0. The second kappa shape index (κ2) is 7.55. The van der Waals surface area contributed by atoms with Gasteiger partial charge in [-0.25, -0.2) is 0 Å². The molecule has 5 heteroatoms. The number of hydrogen-bond donors (Lipinski definition) is 1. The van der Waals surface area contributed by atoms with Crippen LogP contribution in [0.5, 0.6) is 0 Å². The van der Waals surface area contributed by atoms with Crippen LogP contribution in [-0.4, -0.2) is 36.7 Å². The molecule has 2 rings (SSSR count). The van der Waals surface area contributed by atoms with Gasteiger partial charge in [0.05, 0.1) is 19.0 Å². The third-order valence-corrected chi connectivity index (χ3v) is 3.71. The Morgan fingerprint density at radius 1 is 1.33 bits per heavy atom. The average molecular weight is 285 g/mol. The Labute approximate surface area is 124 Å². The van der Waals surface area contributed by atoms with Crippen molar-refractivity contribution in [3.05, 3.63) is 29.8 Å². The molecule has 1 aliphatic heterocycles. The minimum atomic E-state index is -0.0485. The largest absolute Gasteiger partial charge is 0.325 e. The van der Waals surface area contributed by atoms with E-state index >= 15 is 0 Å². The summed E-state index contributed by atoms with van der Waals surface area (Å²) in [5.74, 6) is 0.101. The number of rotatable bonds is 5. The maximum atomic E-state index is 12.0. The summed E-state index contributed by atoms with van der Waals surface area (Å²) in [6.45, 7) is 1.93. The molecule has 1 aromatic carbocycles. The van der Waals surface area contributed by atoms with Crippen LogP contribution in [0.25, 0.3) is 0 Å². The van der Waals surface area contributed by atoms with E-state index < -0.39 is 0 Å². The van der Waals surface area contributed by atoms with Crippen LogP contribution in [0.1, 0.15) is 18.4 Å². The minimum Gasteiger partial charge on any atom is -0.325 e. The molecule has 0 aromatic heterocycles. The number of anilines is 1. The molecule has 21 heavy (non-hydrogen) atoms. The molecule has 110 valence electrons. The Bertz CT molecular complexity index is 525. The topological polar surface area (TPSA) is 73.2 Å². The lowest BCUT2D eigenvalue weighted by molar-refractivity contribution is -0.117. The van der Waals surface area contributed by atoms with Crippen molar-refractivity contribution < 1.29 is 9.59 Å². The summed E-state index contributed by atoms with van der Waals surface area (Å²) in [7, 11) is 0. The van der Waals surface area contributed by atoms with E-state index in [4.69, 9.17) is 5.26 Å². The van der Waals surface area contributed by atoms with Crippen molar-refractivity contribution in [2.75, 3.05) is 25.0 Å². The molecule has 0 unspecified atom stereocenters. The smallest absolute Gasteiger partial charge is 0.238 e. The number of nitrogens with one attached hydrogen (secondary N) is 1. The Balaban J connectivity index is 1.79. The van der Waals surface area contributed by atoms with E-state index in [-0.39, 0.29) is 11.8 Å². The number of amides is 1. The van der Waals surface area contributed by atoms with Gasteiger partial charge in [0.15, 0.2) is 0 Å². The number of nitriles is 1. The number of carbonyl (C=O) groups excluding carboxylic acids is 2. The van der Waals surface area contributed by atoms with Crippen LogP contribution >= 0.6 is 0 Å². The predicted octanol–water partition coefficient (Wildman–Crippen LogP) is 1.60. The van der Waals surface area contributed by atoms with Crippen LogP contribution in [0.4, 0.5) is 5.69 Å². The number of carbonyl (C=O) groups is 2. The molecule has 1 aromatic rings. The zero-order chi connectivity index (χ0) is 15.1. The van der Waals surface area contributed by atoms with Gasteiger partial charge in [0.2, 0.25) is 5.91 Å². The molecule has 5 nitrogen and oxygen atoms in total. The Morgan fingerprint density at radius 2 is 2.00 bits per heavy atom. The highest BCUT2D eigenvalue weighted by Gasteiger charge is 2.20. The van der Waals surface area contributed by atoms with Crippen molar-refractivity contribution in [1.82, 2.24) is 4.90 Å². The second-order valence-electron chi connectivity index (χ2n) is 5.33. The number of nitrogens with zero attached hydrogens (tertiary/aromatic N) is 2. The SMILES string of the molecule is N#CCc1ccc(NC(=O)CN2CCC(C=O)CC2)cc1. The summed E-state index contributed by atoms with van der Waals surface area (Å²) >= 11 is 0. The molecule has 0 atom stereocenters. The molecule has 0 bridgehead atoms. The molecule has 1 saturated heterocycles. The number of aldehydes is 1. The Kier molecular flexibility index (Phi) is 5.47. The fraction of sp³-hybridized carbons (Fsp3) is 0.438. The lowest BCUT2D eigenvalue weighted by atomic mass is 9.99. The molecule has 1 fully saturated rings. The summed E-state index contributed by atoms with van der Waals surface area (Å²) in [5.41, 5.74) is 1.68. The Hall–Kier alpha value is -2.19. The monoisotopic (exact) mass is 285 g/mol. The summed E-state index contributed by atoms with van der Waals surface area (Å²) in [6.07, 6.45) is 3.05. The van der Waals surface area contributed by atoms with Crippen molar-refractivity contribution >= 4 is 17.9 Å². The van der Waals surface area contributed by atoms with Crippen molar-refractivity contribution in [2.45, 2.75) is 19.3 Å². The van der Waals surface area contributed by atoms with Crippen LogP contribution < -0.4 is 5.32 Å². The first-order chi connectivity index (χ1) is 10.2. The molecular weight excluding hydrogens is 266 g/mol. The molecule has 1 N–H and O–H groups in total. The van der Waals surface area contributed by atoms with E-state index in [0.29, 0.717) is 13.0 Å². The number of benzene rings is 1. The van der Waals surface area contributed by atoms with E-state index in [1.54, 1.807) is 0 Å². The van der Waals surface area contributed by atoms with Gasteiger partial charge in [-0.15, -0.1) is 0 Å². The second-order valence-corrected chi connectivity index (χ2v) is 5.33. The number of hydrogen-bond acceptors (Lipinski definition) is 4. The van der Waals surface area contributed by atoms with Gasteiger partial charge < -0.3 is 10.1 Å². The minimum absolute atomic E-state index is 0.0485. The highest BCUT2D eigenvalue weighted by Crippen LogP contribution is 2.15. The van der Waals surface area contributed by atoms with Crippen LogP contribution in [0, 0.1) is 17.2 Å². The van der Waals surface area contributed by atoms with E-state index in [0.717, 1.165) is 43.5 Å². The standard InChI is InChI=1S/C16H19N3O2/c17-8-5-13-1-3-15(4-2-13)18-16(21)11-19-9-6-14(12-20)7-10-19/h1-4,12,14H,5-7,9-11H2,(H,18,21). The lowest BCUT2D eigenvalue weighted by Crippen LogP contribution is -2.39. The van der Waals surface area contributed by atoms with Crippen molar-refractivity contribution in [3.8, 4) is 6.07 Å². The van der Waals surface area contributed by atoms with Gasteiger partial charge in [-0.3, -0.25) is 9.69 Å². The Morgan fingerprint density at radius 3 is 2.57 bits per heavy atom. The molecule has 1 heterocycles. The quantitative estimate of drug-likeness (QED) is 0.834. The van der Waals surface area contributed by atoms with E-state index in [1.165, 1.54) is 0 Å². The number of piperidine rings is 1. The summed E-state index contributed by atoms with van der Waals surface area (Å²) in [6, 6.07) is 9.39. The van der Waals surface area contributed by atoms with E-state index in [9.17, 15) is 9.59 Å². The van der Waals surface area contributed by atoms with Crippen LogP contribution in [0.2, 0.25) is 0 Å². The number of likely N-dealkylation sites (tertiary alicyclic amines) is 1. The third-order valence-electron chi connectivity index (χ3n) is 3.71. The fourth-order valence-corrected chi connectivity index (χ4v) is 2.45. The zero-order valence-corrected chi connectivity index (χ0v) is 11.9. The van der Waals surface area contributed by atoms with Crippen molar-refractivity contribution in [2.24, 2.45) is 5.92 Å². The van der Waals surface area contributed by atoms with E-state index in [1.807, 2.05) is 24.3 Å². The van der Waals surface area contributed by atoms with Gasteiger partial charge in [0.25, 0.3) is 0 Å². The van der Waals surface area contributed by atoms with Gasteiger partial charge >= 0.3 is 0 Å². The van der Waals surface area contributed by atoms with Crippen molar-refractivity contribution in [3.63, 3.8) is 0 Å². The van der Waals surface area contributed by atoms with Gasteiger partial charge in [-0.05, 0) is 43.6 Å². The summed E-state index contributed by atoms with van der Waals surface area (Å²) < 4.78 is 0. The molecule has 0 spiro atoms. The highest BCUT2D eigenvalue weighted by molar-refractivity contribution is 5.92. The lowest BCUT2D eigenvalue weighted by Gasteiger charge is -2.28. The van der Waals surface area contributed by atoms with Gasteiger partial charge in [0, 0.05) is 11.6 Å². The maximum Gasteiger partial charge on any atom is 0.238 e. The van der Waals surface area contributed by atoms with Gasteiger partial charge in [0.1, 0.15) is 6.29 Å². The molecule has 1 amide bonds. The summed E-state index contributed by atoms with van der Waals surface area (Å²) in [4.78, 5) is 24.7. The zero-order valence-electron chi connectivity index (χ0n) is 11.9. The molecule has 0 radical (unpaired) electrons. The predicted molar refractivity (Wildman–Crippen MR) is 79.6 cm³/mol. The summed E-state index contributed by atoms with van der Waals surface area (Å²) in [5, 5.41) is 11.5. The van der Waals surface area contributed by atoms with Gasteiger partial charge in [-0.2, -0.15) is 5.26 Å². The van der Waals surface area contributed by atoms with Crippen LogP contribution in [0.3, 0.4) is 0 Å². The third kappa shape index (κ3) is 4.69.